The highest BCUT2D eigenvalue weighted by Gasteiger charge is 2.15. The van der Waals surface area contributed by atoms with Crippen LogP contribution in [0.1, 0.15) is 37.6 Å². The van der Waals surface area contributed by atoms with E-state index in [2.05, 4.69) is 18.9 Å². The SMILES string of the molecule is CCC(CC)c1nn2cc(-c3cccc(OC)c3)nc2s1. The number of hydrogen-bond acceptors (Lipinski definition) is 4. The molecule has 2 heterocycles. The molecule has 0 atom stereocenters. The van der Waals surface area contributed by atoms with Crippen LogP contribution in [0.2, 0.25) is 0 Å². The van der Waals surface area contributed by atoms with E-state index in [9.17, 15) is 0 Å². The smallest absolute Gasteiger partial charge is 0.212 e. The fourth-order valence-corrected chi connectivity index (χ4v) is 3.59. The molecule has 4 nitrogen and oxygen atoms in total. The van der Waals surface area contributed by atoms with Gasteiger partial charge in [0.1, 0.15) is 10.8 Å². The lowest BCUT2D eigenvalue weighted by Crippen LogP contribution is -1.95. The topological polar surface area (TPSA) is 39.4 Å². The minimum absolute atomic E-state index is 0.539. The Kier molecular flexibility index (Phi) is 3.92. The van der Waals surface area contributed by atoms with Gasteiger partial charge in [0.2, 0.25) is 4.96 Å². The zero-order valence-corrected chi connectivity index (χ0v) is 13.4. The molecule has 3 rings (SSSR count). The van der Waals surface area contributed by atoms with Crippen molar-refractivity contribution in [3.8, 4) is 17.0 Å². The Labute approximate surface area is 128 Å². The normalized spacial score (nSPS) is 11.4. The molecule has 110 valence electrons. The molecular weight excluding hydrogens is 282 g/mol. The van der Waals surface area contributed by atoms with Gasteiger partial charge in [-0.05, 0) is 25.0 Å². The summed E-state index contributed by atoms with van der Waals surface area (Å²) in [6, 6.07) is 7.95. The van der Waals surface area contributed by atoms with E-state index in [0.29, 0.717) is 5.92 Å². The predicted octanol–water partition coefficient (Wildman–Crippen LogP) is 4.37. The first-order valence-corrected chi connectivity index (χ1v) is 8.07. The van der Waals surface area contributed by atoms with Crippen LogP contribution in [0.3, 0.4) is 0 Å². The van der Waals surface area contributed by atoms with Gasteiger partial charge in [-0.2, -0.15) is 5.10 Å². The Hall–Kier alpha value is -1.88. The van der Waals surface area contributed by atoms with Crippen LogP contribution in [0.15, 0.2) is 30.5 Å². The molecule has 0 unspecified atom stereocenters. The lowest BCUT2D eigenvalue weighted by Gasteiger charge is -2.06. The molecule has 0 radical (unpaired) electrons. The largest absolute Gasteiger partial charge is 0.497 e. The van der Waals surface area contributed by atoms with Gasteiger partial charge in [-0.3, -0.25) is 0 Å². The van der Waals surface area contributed by atoms with E-state index < -0.39 is 0 Å². The van der Waals surface area contributed by atoms with Crippen LogP contribution in [-0.4, -0.2) is 21.7 Å². The fraction of sp³-hybridized carbons (Fsp3) is 0.375. The monoisotopic (exact) mass is 301 g/mol. The van der Waals surface area contributed by atoms with Gasteiger partial charge in [-0.15, -0.1) is 0 Å². The number of rotatable bonds is 5. The molecule has 1 aromatic carbocycles. The minimum atomic E-state index is 0.539. The molecule has 5 heteroatoms. The standard InChI is InChI=1S/C16H19N3OS/c1-4-11(5-2)15-18-19-10-14(17-16(19)21-15)12-7-6-8-13(9-12)20-3/h6-11H,4-5H2,1-3H3. The molecule has 0 bridgehead atoms. The van der Waals surface area contributed by atoms with Crippen LogP contribution in [-0.2, 0) is 0 Å². The number of ether oxygens (including phenoxy) is 1. The Balaban J connectivity index is 1.96. The summed E-state index contributed by atoms with van der Waals surface area (Å²) in [6.45, 7) is 4.42. The lowest BCUT2D eigenvalue weighted by atomic mass is 10.1. The van der Waals surface area contributed by atoms with Crippen molar-refractivity contribution in [1.29, 1.82) is 0 Å². The van der Waals surface area contributed by atoms with Gasteiger partial charge in [0.25, 0.3) is 0 Å². The van der Waals surface area contributed by atoms with Crippen LogP contribution in [0.25, 0.3) is 16.2 Å². The summed E-state index contributed by atoms with van der Waals surface area (Å²) in [7, 11) is 1.67. The number of hydrogen-bond donors (Lipinski definition) is 0. The fourth-order valence-electron chi connectivity index (χ4n) is 2.44. The molecule has 0 aliphatic carbocycles. The van der Waals surface area contributed by atoms with E-state index in [0.717, 1.165) is 34.8 Å². The maximum absolute atomic E-state index is 5.26. The van der Waals surface area contributed by atoms with Crippen LogP contribution >= 0.6 is 11.3 Å². The summed E-state index contributed by atoms with van der Waals surface area (Å²) in [4.78, 5) is 5.65. The molecular formula is C16H19N3OS. The highest BCUT2D eigenvalue weighted by Crippen LogP contribution is 2.30. The first kappa shape index (κ1) is 14.1. The molecule has 0 aliphatic heterocycles. The van der Waals surface area contributed by atoms with E-state index in [-0.39, 0.29) is 0 Å². The summed E-state index contributed by atoms with van der Waals surface area (Å²) in [5.74, 6) is 1.38. The molecule has 0 fully saturated rings. The lowest BCUT2D eigenvalue weighted by molar-refractivity contribution is 0.415. The van der Waals surface area contributed by atoms with Crippen LogP contribution in [0.4, 0.5) is 0 Å². The maximum atomic E-state index is 5.26. The Bertz CT molecular complexity index is 711. The number of nitrogens with zero attached hydrogens (tertiary/aromatic N) is 3. The van der Waals surface area contributed by atoms with Crippen molar-refractivity contribution in [3.63, 3.8) is 0 Å². The summed E-state index contributed by atoms with van der Waals surface area (Å²) in [5.41, 5.74) is 1.99. The average molecular weight is 301 g/mol. The van der Waals surface area contributed by atoms with Gasteiger partial charge in [0.15, 0.2) is 0 Å². The first-order valence-electron chi connectivity index (χ1n) is 7.25. The molecule has 0 saturated heterocycles. The van der Waals surface area contributed by atoms with Crippen molar-refractivity contribution >= 4 is 16.3 Å². The summed E-state index contributed by atoms with van der Waals surface area (Å²) < 4.78 is 7.16. The Morgan fingerprint density at radius 2 is 2.10 bits per heavy atom. The minimum Gasteiger partial charge on any atom is -0.497 e. The molecule has 2 aromatic heterocycles. The second-order valence-electron chi connectivity index (χ2n) is 5.04. The molecule has 3 aromatic rings. The van der Waals surface area contributed by atoms with E-state index in [1.165, 1.54) is 5.01 Å². The van der Waals surface area contributed by atoms with E-state index in [1.54, 1.807) is 18.4 Å². The summed E-state index contributed by atoms with van der Waals surface area (Å²) in [5, 5.41) is 5.87. The van der Waals surface area contributed by atoms with E-state index >= 15 is 0 Å². The summed E-state index contributed by atoms with van der Waals surface area (Å²) in [6.07, 6.45) is 4.23. The van der Waals surface area contributed by atoms with Crippen LogP contribution in [0, 0.1) is 0 Å². The van der Waals surface area contributed by atoms with Crippen molar-refractivity contribution in [2.45, 2.75) is 32.6 Å². The molecule has 0 aliphatic rings. The van der Waals surface area contributed by atoms with Gasteiger partial charge >= 0.3 is 0 Å². The summed E-state index contributed by atoms with van der Waals surface area (Å²) >= 11 is 1.69. The third-order valence-corrected chi connectivity index (χ3v) is 4.84. The van der Waals surface area contributed by atoms with E-state index in [4.69, 9.17) is 9.72 Å². The Morgan fingerprint density at radius 1 is 1.29 bits per heavy atom. The van der Waals surface area contributed by atoms with Gasteiger partial charge in [-0.1, -0.05) is 37.3 Å². The van der Waals surface area contributed by atoms with E-state index in [1.807, 2.05) is 35.0 Å². The molecule has 0 amide bonds. The second-order valence-corrected chi connectivity index (χ2v) is 6.03. The van der Waals surface area contributed by atoms with Gasteiger partial charge in [-0.25, -0.2) is 9.50 Å². The van der Waals surface area contributed by atoms with Crippen molar-refractivity contribution in [2.24, 2.45) is 0 Å². The quantitative estimate of drug-likeness (QED) is 0.702. The number of benzene rings is 1. The molecule has 0 spiro atoms. The van der Waals surface area contributed by atoms with Crippen LogP contribution < -0.4 is 4.74 Å². The Morgan fingerprint density at radius 3 is 2.76 bits per heavy atom. The molecule has 21 heavy (non-hydrogen) atoms. The van der Waals surface area contributed by atoms with Crippen LogP contribution in [0.5, 0.6) is 5.75 Å². The number of aromatic nitrogens is 3. The highest BCUT2D eigenvalue weighted by molar-refractivity contribution is 7.16. The van der Waals surface area contributed by atoms with Gasteiger partial charge in [0.05, 0.1) is 19.0 Å². The highest BCUT2D eigenvalue weighted by atomic mass is 32.1. The predicted molar refractivity (Wildman–Crippen MR) is 86.2 cm³/mol. The number of methoxy groups -OCH3 is 1. The van der Waals surface area contributed by atoms with Crippen molar-refractivity contribution in [2.75, 3.05) is 7.11 Å². The maximum Gasteiger partial charge on any atom is 0.212 e. The van der Waals surface area contributed by atoms with Crippen molar-refractivity contribution < 1.29 is 4.74 Å². The first-order chi connectivity index (χ1) is 10.2. The zero-order chi connectivity index (χ0) is 14.8. The average Bonchev–Trinajstić information content (AvgIpc) is 3.07. The van der Waals surface area contributed by atoms with Crippen molar-refractivity contribution in [3.05, 3.63) is 35.5 Å². The number of fused-ring (bicyclic) bond motifs is 1. The molecule has 0 N–H and O–H groups in total. The van der Waals surface area contributed by atoms with Gasteiger partial charge < -0.3 is 4.74 Å². The third-order valence-electron chi connectivity index (χ3n) is 3.76. The third kappa shape index (κ3) is 2.65. The second kappa shape index (κ2) is 5.85. The van der Waals surface area contributed by atoms with Crippen molar-refractivity contribution in [1.82, 2.24) is 14.6 Å². The van der Waals surface area contributed by atoms with Gasteiger partial charge in [0, 0.05) is 11.5 Å². The number of imidazole rings is 1. The zero-order valence-electron chi connectivity index (χ0n) is 12.5. The molecule has 0 saturated carbocycles.